The van der Waals surface area contributed by atoms with E-state index in [1.165, 1.54) is 6.92 Å². The molecule has 0 spiro atoms. The molecule has 6 heteroatoms. The number of carbonyl (C=O) groups excluding carboxylic acids is 2. The Kier molecular flexibility index (Phi) is 6.27. The van der Waals surface area contributed by atoms with Gasteiger partial charge in [0.05, 0.1) is 12.5 Å². The van der Waals surface area contributed by atoms with Gasteiger partial charge in [0.2, 0.25) is 0 Å². The van der Waals surface area contributed by atoms with Crippen molar-refractivity contribution >= 4 is 23.0 Å². The molecular weight excluding hydrogens is 211 g/mol. The summed E-state index contributed by atoms with van der Waals surface area (Å²) in [5.74, 6) is -1.66. The van der Waals surface area contributed by atoms with Crippen LogP contribution in [-0.4, -0.2) is 23.1 Å². The quantitative estimate of drug-likeness (QED) is 0.686. The normalized spacial score (nSPS) is 14.3. The highest BCUT2D eigenvalue weighted by Crippen LogP contribution is 2.22. The first-order valence-corrected chi connectivity index (χ1v) is 5.06. The van der Waals surface area contributed by atoms with Gasteiger partial charge in [-0.2, -0.15) is 0 Å². The molecule has 0 heterocycles. The molecule has 0 fully saturated rings. The Labute approximate surface area is 86.0 Å². The fourth-order valence-corrected chi connectivity index (χ4v) is 1.47. The van der Waals surface area contributed by atoms with Crippen molar-refractivity contribution in [1.82, 2.24) is 0 Å². The number of ether oxygens (including phenoxy) is 1. The summed E-state index contributed by atoms with van der Waals surface area (Å²) >= 11 is 0.847. The van der Waals surface area contributed by atoms with Crippen molar-refractivity contribution in [1.29, 1.82) is 0 Å². The number of rotatable bonds is 4. The molecule has 82 valence electrons. The average molecular weight is 224 g/mol. The predicted octanol–water partition coefficient (Wildman–Crippen LogP) is 2.33. The Hall–Kier alpha value is -0.780. The van der Waals surface area contributed by atoms with Crippen LogP contribution in [0.3, 0.4) is 0 Å². The highest BCUT2D eigenvalue weighted by atomic mass is 32.2. The van der Waals surface area contributed by atoms with Crippen LogP contribution in [0.5, 0.6) is 0 Å². The van der Waals surface area contributed by atoms with Gasteiger partial charge in [0, 0.05) is 9.78 Å². The molecule has 2 atom stereocenters. The van der Waals surface area contributed by atoms with Crippen LogP contribution in [0, 0.1) is 5.92 Å². The number of hydrogen-bond donors (Lipinski definition) is 0. The predicted molar refractivity (Wildman–Crippen MR) is 50.4 cm³/mol. The van der Waals surface area contributed by atoms with Crippen LogP contribution >= 0.6 is 11.8 Å². The van der Waals surface area contributed by atoms with Gasteiger partial charge >= 0.3 is 11.3 Å². The summed E-state index contributed by atoms with van der Waals surface area (Å²) in [6, 6.07) is 0. The molecule has 0 saturated heterocycles. The van der Waals surface area contributed by atoms with Gasteiger partial charge in [0.25, 0.3) is 0 Å². The average Bonchev–Trinajstić information content (AvgIpc) is 2.15. The zero-order valence-electron chi connectivity index (χ0n) is 8.28. The zero-order chi connectivity index (χ0) is 11.1. The largest absolute Gasteiger partial charge is 0.458 e. The van der Waals surface area contributed by atoms with Gasteiger partial charge < -0.3 is 4.74 Å². The first-order chi connectivity index (χ1) is 6.52. The number of carbonyl (C=O) groups is 2. The summed E-state index contributed by atoms with van der Waals surface area (Å²) in [4.78, 5) is 24.8. The minimum atomic E-state index is -0.978. The van der Waals surface area contributed by atoms with Crippen LogP contribution < -0.4 is 0 Å². The van der Waals surface area contributed by atoms with E-state index in [4.69, 9.17) is 0 Å². The summed E-state index contributed by atoms with van der Waals surface area (Å²) in [7, 11) is 0. The first kappa shape index (κ1) is 13.2. The van der Waals surface area contributed by atoms with E-state index >= 15 is 0 Å². The van der Waals surface area contributed by atoms with Crippen LogP contribution in [0.1, 0.15) is 20.8 Å². The molecule has 0 aliphatic rings. The van der Waals surface area contributed by atoms with Crippen LogP contribution in [0.15, 0.2) is 0 Å². The maximum atomic E-state index is 11.5. The molecule has 0 aliphatic heterocycles. The van der Waals surface area contributed by atoms with E-state index in [0.717, 1.165) is 11.8 Å². The van der Waals surface area contributed by atoms with Crippen molar-refractivity contribution in [3.8, 4) is 0 Å². The lowest BCUT2D eigenvalue weighted by Gasteiger charge is -2.13. The second-order valence-corrected chi connectivity index (χ2v) is 4.00. The van der Waals surface area contributed by atoms with Gasteiger partial charge in [0.1, 0.15) is 0 Å². The lowest BCUT2D eigenvalue weighted by Crippen LogP contribution is -2.22. The third-order valence-electron chi connectivity index (χ3n) is 1.70. The molecule has 0 aromatic rings. The maximum Gasteiger partial charge on any atom is 0.367 e. The van der Waals surface area contributed by atoms with Gasteiger partial charge in [-0.3, -0.25) is 4.94 Å². The fraction of sp³-hybridized carbons (Fsp3) is 0.750. The lowest BCUT2D eigenvalue weighted by molar-refractivity contribution is -0.188. The molecule has 0 bridgehead atoms. The molecule has 0 aromatic carbocycles. The summed E-state index contributed by atoms with van der Waals surface area (Å²) in [5, 5.41) is -0.851. The van der Waals surface area contributed by atoms with Crippen LogP contribution in [0.2, 0.25) is 0 Å². The van der Waals surface area contributed by atoms with E-state index in [0.29, 0.717) is 0 Å². The van der Waals surface area contributed by atoms with Crippen molar-refractivity contribution in [2.45, 2.75) is 26.0 Å². The molecule has 0 rings (SSSR count). The van der Waals surface area contributed by atoms with Gasteiger partial charge in [-0.1, -0.05) is 13.8 Å². The standard InChI is InChI=1S/C8H13FO4S/c1-4-12-8(11)14-6(3)5(2)7(10)13-9/h5-6H,4H2,1-3H3. The minimum Gasteiger partial charge on any atom is -0.458 e. The highest BCUT2D eigenvalue weighted by Gasteiger charge is 2.25. The van der Waals surface area contributed by atoms with E-state index in [1.807, 2.05) is 0 Å². The topological polar surface area (TPSA) is 52.6 Å². The molecular formula is C8H13FO4S. The van der Waals surface area contributed by atoms with Crippen molar-refractivity contribution in [2.75, 3.05) is 6.61 Å². The Morgan fingerprint density at radius 1 is 1.43 bits per heavy atom. The van der Waals surface area contributed by atoms with Gasteiger partial charge in [-0.15, -0.1) is 0 Å². The molecule has 2 unspecified atom stereocenters. The van der Waals surface area contributed by atoms with E-state index < -0.39 is 17.2 Å². The summed E-state index contributed by atoms with van der Waals surface area (Å²) in [6.45, 7) is 5.07. The van der Waals surface area contributed by atoms with Crippen molar-refractivity contribution in [3.05, 3.63) is 0 Å². The Balaban J connectivity index is 4.00. The molecule has 0 radical (unpaired) electrons. The second-order valence-electron chi connectivity index (χ2n) is 2.69. The number of halogens is 1. The molecule has 0 N–H and O–H groups in total. The van der Waals surface area contributed by atoms with E-state index in [2.05, 4.69) is 9.68 Å². The van der Waals surface area contributed by atoms with Crippen LogP contribution in [-0.2, 0) is 14.5 Å². The fourth-order valence-electron chi connectivity index (χ4n) is 0.668. The van der Waals surface area contributed by atoms with Gasteiger partial charge in [-0.05, 0) is 18.7 Å². The van der Waals surface area contributed by atoms with Crippen molar-refractivity contribution in [3.63, 3.8) is 0 Å². The Morgan fingerprint density at radius 3 is 2.43 bits per heavy atom. The van der Waals surface area contributed by atoms with Crippen molar-refractivity contribution in [2.24, 2.45) is 5.92 Å². The summed E-state index contributed by atoms with van der Waals surface area (Å²) in [5.41, 5.74) is 0. The van der Waals surface area contributed by atoms with E-state index in [-0.39, 0.29) is 11.9 Å². The molecule has 0 aliphatic carbocycles. The SMILES string of the molecule is CCOC(=O)SC(C)C(C)C(=O)OF. The van der Waals surface area contributed by atoms with E-state index in [1.54, 1.807) is 13.8 Å². The van der Waals surface area contributed by atoms with Crippen molar-refractivity contribution < 1.29 is 23.8 Å². The van der Waals surface area contributed by atoms with Gasteiger partial charge in [0.15, 0.2) is 0 Å². The second kappa shape index (κ2) is 6.64. The molecule has 0 amide bonds. The number of hydrogen-bond acceptors (Lipinski definition) is 5. The molecule has 4 nitrogen and oxygen atoms in total. The van der Waals surface area contributed by atoms with Gasteiger partial charge in [-0.25, -0.2) is 9.59 Å². The minimum absolute atomic E-state index is 0.278. The zero-order valence-corrected chi connectivity index (χ0v) is 9.10. The summed E-state index contributed by atoms with van der Waals surface area (Å²) in [6.07, 6.45) is 0. The molecule has 0 saturated carbocycles. The Bertz CT molecular complexity index is 210. The third-order valence-corrected chi connectivity index (χ3v) is 2.79. The lowest BCUT2D eigenvalue weighted by atomic mass is 10.1. The smallest absolute Gasteiger partial charge is 0.367 e. The highest BCUT2D eigenvalue weighted by molar-refractivity contribution is 8.13. The van der Waals surface area contributed by atoms with Crippen LogP contribution in [0.4, 0.5) is 9.32 Å². The molecule has 14 heavy (non-hydrogen) atoms. The maximum absolute atomic E-state index is 11.5. The third kappa shape index (κ3) is 4.45. The summed E-state index contributed by atoms with van der Waals surface area (Å²) < 4.78 is 16.2. The number of thioether (sulfide) groups is 1. The van der Waals surface area contributed by atoms with Crippen LogP contribution in [0.25, 0.3) is 0 Å². The molecule has 0 aromatic heterocycles. The Morgan fingerprint density at radius 2 is 2.00 bits per heavy atom. The first-order valence-electron chi connectivity index (χ1n) is 4.18. The monoisotopic (exact) mass is 224 g/mol. The van der Waals surface area contributed by atoms with E-state index in [9.17, 15) is 14.1 Å².